The van der Waals surface area contributed by atoms with Crippen molar-refractivity contribution >= 4 is 5.97 Å². The molecule has 1 aliphatic rings. The van der Waals surface area contributed by atoms with E-state index in [1.807, 2.05) is 0 Å². The van der Waals surface area contributed by atoms with Crippen LogP contribution in [0.1, 0.15) is 25.0 Å². The van der Waals surface area contributed by atoms with Crippen LogP contribution >= 0.6 is 0 Å². The number of hydrogen-bond donors (Lipinski definition) is 1. The van der Waals surface area contributed by atoms with E-state index in [1.54, 1.807) is 0 Å². The molecule has 1 aromatic heterocycles. The number of rotatable bonds is 2. The van der Waals surface area contributed by atoms with Crippen LogP contribution < -0.4 is 5.69 Å². The Balaban J connectivity index is 2.46. The minimum atomic E-state index is -2.39. The molecule has 7 heteroatoms. The minimum absolute atomic E-state index is 0.392. The van der Waals surface area contributed by atoms with Crippen LogP contribution in [-0.2, 0) is 17.8 Å². The Bertz CT molecular complexity index is 450. The zero-order chi connectivity index (χ0) is 11.0. The number of fused-ring (bicyclic) bond motifs is 1. The molecule has 2 heterocycles. The number of nitrogens with zero attached hydrogens (tertiary/aromatic N) is 3. The predicted molar refractivity (Wildman–Crippen MR) is 47.2 cm³/mol. The van der Waals surface area contributed by atoms with E-state index in [2.05, 4.69) is 5.10 Å². The van der Waals surface area contributed by atoms with E-state index in [1.165, 1.54) is 4.57 Å². The summed E-state index contributed by atoms with van der Waals surface area (Å²) in [5.41, 5.74) is -0.681. The second kappa shape index (κ2) is 3.48. The van der Waals surface area contributed by atoms with E-state index in [4.69, 9.17) is 5.11 Å². The Kier molecular flexibility index (Phi) is 2.29. The summed E-state index contributed by atoms with van der Waals surface area (Å²) >= 11 is 0. The minimum Gasteiger partial charge on any atom is -0.478 e. The van der Waals surface area contributed by atoms with E-state index in [9.17, 15) is 14.0 Å². The molecular formula is C8H10FN3O3. The van der Waals surface area contributed by atoms with Crippen molar-refractivity contribution in [2.45, 2.75) is 32.1 Å². The first kappa shape index (κ1) is 9.88. The number of alkyl halides is 1. The Morgan fingerprint density at radius 3 is 2.87 bits per heavy atom. The molecule has 6 nitrogen and oxygen atoms in total. The van der Waals surface area contributed by atoms with Crippen molar-refractivity contribution in [2.24, 2.45) is 0 Å². The van der Waals surface area contributed by atoms with Gasteiger partial charge in [-0.15, -0.1) is 0 Å². The van der Waals surface area contributed by atoms with Gasteiger partial charge in [0.05, 0.1) is 0 Å². The largest absolute Gasteiger partial charge is 0.478 e. The molecule has 0 amide bonds. The van der Waals surface area contributed by atoms with Crippen molar-refractivity contribution in [3.8, 4) is 0 Å². The third-order valence-corrected chi connectivity index (χ3v) is 2.41. The van der Waals surface area contributed by atoms with Gasteiger partial charge in [0, 0.05) is 13.0 Å². The molecule has 1 atom stereocenters. The van der Waals surface area contributed by atoms with Gasteiger partial charge in [-0.1, -0.05) is 0 Å². The quantitative estimate of drug-likeness (QED) is 0.749. The molecule has 1 unspecified atom stereocenters. The van der Waals surface area contributed by atoms with Crippen LogP contribution in [0.4, 0.5) is 4.39 Å². The maximum atomic E-state index is 13.1. The normalized spacial score (nSPS) is 17.1. The van der Waals surface area contributed by atoms with Gasteiger partial charge < -0.3 is 5.11 Å². The summed E-state index contributed by atoms with van der Waals surface area (Å²) in [7, 11) is 0. The number of carboxylic acid groups (broad SMARTS) is 1. The molecule has 0 radical (unpaired) electrons. The maximum absolute atomic E-state index is 13.1. The van der Waals surface area contributed by atoms with Crippen molar-refractivity contribution in [3.05, 3.63) is 16.3 Å². The first-order valence-electron chi connectivity index (χ1n) is 4.66. The molecule has 0 aromatic carbocycles. The third kappa shape index (κ3) is 1.53. The summed E-state index contributed by atoms with van der Waals surface area (Å²) in [6, 6.07) is 0. The highest BCUT2D eigenvalue weighted by Gasteiger charge is 2.26. The Morgan fingerprint density at radius 1 is 1.53 bits per heavy atom. The first-order chi connectivity index (χ1) is 7.11. The van der Waals surface area contributed by atoms with Gasteiger partial charge in [0.25, 0.3) is 6.30 Å². The van der Waals surface area contributed by atoms with Crippen LogP contribution in [-0.4, -0.2) is 25.4 Å². The first-order valence-corrected chi connectivity index (χ1v) is 4.66. The van der Waals surface area contributed by atoms with E-state index >= 15 is 0 Å². The Hall–Kier alpha value is -1.66. The highest BCUT2D eigenvalue weighted by atomic mass is 19.1. The Labute approximate surface area is 83.9 Å². The summed E-state index contributed by atoms with van der Waals surface area (Å²) in [6.07, 6.45) is -0.0758. The second-order valence-electron chi connectivity index (χ2n) is 3.43. The van der Waals surface area contributed by atoms with Crippen molar-refractivity contribution in [1.82, 2.24) is 14.3 Å². The molecule has 0 spiro atoms. The SMILES string of the molecule is O=C(O)C(F)n1nc2n(c1=O)CCCC2. The van der Waals surface area contributed by atoms with Crippen molar-refractivity contribution in [2.75, 3.05) is 0 Å². The molecule has 2 rings (SSSR count). The van der Waals surface area contributed by atoms with Crippen molar-refractivity contribution in [1.29, 1.82) is 0 Å². The smallest absolute Gasteiger partial charge is 0.361 e. The van der Waals surface area contributed by atoms with Gasteiger partial charge in [-0.2, -0.15) is 9.78 Å². The Morgan fingerprint density at radius 2 is 2.27 bits per heavy atom. The molecule has 82 valence electrons. The van der Waals surface area contributed by atoms with Crippen LogP contribution in [0.25, 0.3) is 0 Å². The summed E-state index contributed by atoms with van der Waals surface area (Å²) in [4.78, 5) is 21.9. The number of aliphatic carboxylic acids is 1. The molecule has 1 aromatic rings. The van der Waals surface area contributed by atoms with Crippen LogP contribution in [0.3, 0.4) is 0 Å². The fourth-order valence-electron chi connectivity index (χ4n) is 1.67. The fraction of sp³-hybridized carbons (Fsp3) is 0.625. The number of halogens is 1. The lowest BCUT2D eigenvalue weighted by molar-refractivity contribution is -0.147. The standard InChI is InChI=1S/C8H10FN3O3/c9-6(7(13)14)12-8(15)11-4-2-1-3-5(11)10-12/h6H,1-4H2,(H,13,14). The molecular weight excluding hydrogens is 205 g/mol. The molecule has 1 N–H and O–H groups in total. The van der Waals surface area contributed by atoms with Gasteiger partial charge in [-0.3, -0.25) is 4.57 Å². The summed E-state index contributed by atoms with van der Waals surface area (Å²) in [6.45, 7) is 0.487. The fourth-order valence-corrected chi connectivity index (χ4v) is 1.67. The van der Waals surface area contributed by atoms with Crippen LogP contribution in [0.2, 0.25) is 0 Å². The molecule has 0 fully saturated rings. The average Bonchev–Trinajstić information content (AvgIpc) is 2.56. The number of hydrogen-bond acceptors (Lipinski definition) is 3. The lowest BCUT2D eigenvalue weighted by Gasteiger charge is -2.09. The average molecular weight is 215 g/mol. The predicted octanol–water partition coefficient (Wildman–Crippen LogP) is -0.0662. The third-order valence-electron chi connectivity index (χ3n) is 2.41. The van der Waals surface area contributed by atoms with Gasteiger partial charge in [0.2, 0.25) is 0 Å². The lowest BCUT2D eigenvalue weighted by Crippen LogP contribution is -2.30. The maximum Gasteiger partial charge on any atom is 0.361 e. The van der Waals surface area contributed by atoms with Crippen molar-refractivity contribution in [3.63, 3.8) is 0 Å². The highest BCUT2D eigenvalue weighted by Crippen LogP contribution is 2.12. The topological polar surface area (TPSA) is 77.1 Å². The zero-order valence-electron chi connectivity index (χ0n) is 7.89. The lowest BCUT2D eigenvalue weighted by atomic mass is 10.2. The highest BCUT2D eigenvalue weighted by molar-refractivity contribution is 5.69. The number of carbonyl (C=O) groups is 1. The molecule has 0 aliphatic carbocycles. The number of aryl methyl sites for hydroxylation is 1. The van der Waals surface area contributed by atoms with Crippen LogP contribution in [0.15, 0.2) is 4.79 Å². The van der Waals surface area contributed by atoms with E-state index < -0.39 is 18.0 Å². The number of carboxylic acids is 1. The second-order valence-corrected chi connectivity index (χ2v) is 3.43. The van der Waals surface area contributed by atoms with Crippen molar-refractivity contribution < 1.29 is 14.3 Å². The molecule has 0 saturated heterocycles. The number of aromatic nitrogens is 3. The van der Waals surface area contributed by atoms with Gasteiger partial charge in [-0.05, 0) is 12.8 Å². The van der Waals surface area contributed by atoms with E-state index in [0.717, 1.165) is 12.8 Å². The van der Waals surface area contributed by atoms with E-state index in [-0.39, 0.29) is 0 Å². The summed E-state index contributed by atoms with van der Waals surface area (Å²) in [5, 5.41) is 12.1. The zero-order valence-corrected chi connectivity index (χ0v) is 7.89. The molecule has 0 saturated carbocycles. The molecule has 1 aliphatic heterocycles. The summed E-state index contributed by atoms with van der Waals surface area (Å²) in [5.74, 6) is -1.23. The van der Waals surface area contributed by atoms with E-state index in [0.29, 0.717) is 23.5 Å². The van der Waals surface area contributed by atoms with Crippen LogP contribution in [0, 0.1) is 0 Å². The monoisotopic (exact) mass is 215 g/mol. The summed E-state index contributed by atoms with van der Waals surface area (Å²) < 4.78 is 14.8. The van der Waals surface area contributed by atoms with Gasteiger partial charge in [0.15, 0.2) is 0 Å². The van der Waals surface area contributed by atoms with Gasteiger partial charge in [-0.25, -0.2) is 14.0 Å². The van der Waals surface area contributed by atoms with Crippen LogP contribution in [0.5, 0.6) is 0 Å². The van der Waals surface area contributed by atoms with Gasteiger partial charge in [0.1, 0.15) is 5.82 Å². The molecule has 0 bridgehead atoms. The molecule has 15 heavy (non-hydrogen) atoms. The van der Waals surface area contributed by atoms with Gasteiger partial charge >= 0.3 is 11.7 Å².